The fraction of sp³-hybridized carbons (Fsp3) is 0.429. The van der Waals surface area contributed by atoms with Gasteiger partial charge in [0.25, 0.3) is 5.91 Å². The number of carbonyl (C=O) groups excluding carboxylic acids is 1. The second-order valence-corrected chi connectivity index (χ2v) is 5.02. The molecule has 0 bridgehead atoms. The number of hydrogen-bond acceptors (Lipinski definition) is 3. The Labute approximate surface area is 111 Å². The van der Waals surface area contributed by atoms with Crippen LogP contribution in [0.1, 0.15) is 35.2 Å². The van der Waals surface area contributed by atoms with E-state index < -0.39 is 5.97 Å². The molecule has 3 N–H and O–H groups in total. The van der Waals surface area contributed by atoms with Crippen LogP contribution in [-0.2, 0) is 4.79 Å². The van der Waals surface area contributed by atoms with Crippen LogP contribution in [0.25, 0.3) is 0 Å². The fourth-order valence-electron chi connectivity index (χ4n) is 2.07. The molecule has 0 aliphatic heterocycles. The van der Waals surface area contributed by atoms with Gasteiger partial charge >= 0.3 is 5.97 Å². The van der Waals surface area contributed by atoms with Crippen molar-refractivity contribution < 1.29 is 19.8 Å². The zero-order valence-electron chi connectivity index (χ0n) is 10.7. The maximum atomic E-state index is 12.0. The highest BCUT2D eigenvalue weighted by Crippen LogP contribution is 2.34. The number of aliphatic carboxylic acids is 1. The minimum absolute atomic E-state index is 0.0481. The van der Waals surface area contributed by atoms with Crippen molar-refractivity contribution >= 4 is 11.9 Å². The first kappa shape index (κ1) is 13.4. The monoisotopic (exact) mass is 263 g/mol. The Morgan fingerprint density at radius 1 is 1.42 bits per heavy atom. The highest BCUT2D eigenvalue weighted by atomic mass is 16.4. The van der Waals surface area contributed by atoms with Gasteiger partial charge in [-0.3, -0.25) is 9.59 Å². The number of rotatable bonds is 5. The zero-order valence-corrected chi connectivity index (χ0v) is 10.7. The number of carboxylic acid groups (broad SMARTS) is 1. The van der Waals surface area contributed by atoms with Gasteiger partial charge in [0.05, 0.1) is 6.42 Å². The summed E-state index contributed by atoms with van der Waals surface area (Å²) in [6, 6.07) is 4.28. The Kier molecular flexibility index (Phi) is 3.74. The van der Waals surface area contributed by atoms with Crippen LogP contribution in [0, 0.1) is 12.8 Å². The van der Waals surface area contributed by atoms with Crippen molar-refractivity contribution in [3.63, 3.8) is 0 Å². The second-order valence-electron chi connectivity index (χ2n) is 5.02. The van der Waals surface area contributed by atoms with Crippen LogP contribution in [0.15, 0.2) is 18.2 Å². The molecule has 19 heavy (non-hydrogen) atoms. The summed E-state index contributed by atoms with van der Waals surface area (Å²) in [5, 5.41) is 21.0. The predicted molar refractivity (Wildman–Crippen MR) is 69.1 cm³/mol. The third kappa shape index (κ3) is 3.47. The normalized spacial score (nSPS) is 15.8. The molecule has 0 radical (unpaired) electrons. The molecule has 102 valence electrons. The summed E-state index contributed by atoms with van der Waals surface area (Å²) in [6.45, 7) is 1.71. The standard InChI is InChI=1S/C14H17NO4/c1-8-6-10(4-5-12(8)16)14(19)15-11(7-13(17)18)9-2-3-9/h4-6,9,11,16H,2-3,7H2,1H3,(H,15,19)(H,17,18). The molecule has 0 saturated heterocycles. The molecule has 1 atom stereocenters. The minimum Gasteiger partial charge on any atom is -0.508 e. The summed E-state index contributed by atoms with van der Waals surface area (Å²) in [7, 11) is 0. The van der Waals surface area contributed by atoms with E-state index in [2.05, 4.69) is 5.32 Å². The second kappa shape index (κ2) is 5.30. The Bertz CT molecular complexity index is 508. The number of phenolic OH excluding ortho intramolecular Hbond substituents is 1. The van der Waals surface area contributed by atoms with E-state index in [0.717, 1.165) is 12.8 Å². The van der Waals surface area contributed by atoms with E-state index in [9.17, 15) is 14.7 Å². The molecule has 5 nitrogen and oxygen atoms in total. The Balaban J connectivity index is 2.05. The number of carbonyl (C=O) groups is 2. The van der Waals surface area contributed by atoms with E-state index in [-0.39, 0.29) is 30.0 Å². The fourth-order valence-corrected chi connectivity index (χ4v) is 2.07. The van der Waals surface area contributed by atoms with E-state index in [4.69, 9.17) is 5.11 Å². The number of hydrogen-bond donors (Lipinski definition) is 3. The van der Waals surface area contributed by atoms with Gasteiger partial charge in [0, 0.05) is 11.6 Å². The van der Waals surface area contributed by atoms with E-state index in [0.29, 0.717) is 11.1 Å². The quantitative estimate of drug-likeness (QED) is 0.754. The van der Waals surface area contributed by atoms with Crippen molar-refractivity contribution in [1.82, 2.24) is 5.32 Å². The molecule has 2 rings (SSSR count). The number of aryl methyl sites for hydroxylation is 1. The van der Waals surface area contributed by atoms with Gasteiger partial charge in [0.2, 0.25) is 0 Å². The van der Waals surface area contributed by atoms with Crippen molar-refractivity contribution in [3.8, 4) is 5.75 Å². The van der Waals surface area contributed by atoms with Gasteiger partial charge in [-0.05, 0) is 49.4 Å². The zero-order chi connectivity index (χ0) is 14.0. The molecule has 1 amide bonds. The van der Waals surface area contributed by atoms with Gasteiger partial charge in [-0.2, -0.15) is 0 Å². The van der Waals surface area contributed by atoms with Gasteiger partial charge in [0.1, 0.15) is 5.75 Å². The number of aromatic hydroxyl groups is 1. The number of phenols is 1. The number of nitrogens with one attached hydrogen (secondary N) is 1. The molecule has 0 spiro atoms. The lowest BCUT2D eigenvalue weighted by atomic mass is 10.1. The molecule has 1 aromatic rings. The maximum Gasteiger partial charge on any atom is 0.305 e. The van der Waals surface area contributed by atoms with E-state index in [1.165, 1.54) is 12.1 Å². The van der Waals surface area contributed by atoms with Crippen molar-refractivity contribution in [2.75, 3.05) is 0 Å². The lowest BCUT2D eigenvalue weighted by Crippen LogP contribution is -2.38. The smallest absolute Gasteiger partial charge is 0.305 e. The number of carboxylic acids is 1. The molecule has 1 aliphatic rings. The van der Waals surface area contributed by atoms with Gasteiger partial charge in [-0.1, -0.05) is 0 Å². The van der Waals surface area contributed by atoms with E-state index >= 15 is 0 Å². The van der Waals surface area contributed by atoms with Gasteiger partial charge in [-0.25, -0.2) is 0 Å². The van der Waals surface area contributed by atoms with Crippen molar-refractivity contribution in [3.05, 3.63) is 29.3 Å². The first-order chi connectivity index (χ1) is 8.97. The Morgan fingerprint density at radius 2 is 2.11 bits per heavy atom. The largest absolute Gasteiger partial charge is 0.508 e. The van der Waals surface area contributed by atoms with Crippen LogP contribution in [0.3, 0.4) is 0 Å². The van der Waals surface area contributed by atoms with Crippen LogP contribution < -0.4 is 5.32 Å². The third-order valence-electron chi connectivity index (χ3n) is 3.36. The summed E-state index contributed by atoms with van der Waals surface area (Å²) in [5.41, 5.74) is 1.06. The molecule has 1 unspecified atom stereocenters. The summed E-state index contributed by atoms with van der Waals surface area (Å²) in [5.74, 6) is -0.778. The van der Waals surface area contributed by atoms with Crippen molar-refractivity contribution in [2.45, 2.75) is 32.2 Å². The molecule has 0 aromatic heterocycles. The average Bonchev–Trinajstić information content (AvgIpc) is 3.15. The lowest BCUT2D eigenvalue weighted by molar-refractivity contribution is -0.137. The summed E-state index contributed by atoms with van der Waals surface area (Å²) in [4.78, 5) is 22.8. The molecule has 1 fully saturated rings. The van der Waals surface area contributed by atoms with Crippen LogP contribution in [0.4, 0.5) is 0 Å². The van der Waals surface area contributed by atoms with Crippen LogP contribution in [0.5, 0.6) is 5.75 Å². The van der Waals surface area contributed by atoms with Crippen LogP contribution in [0.2, 0.25) is 0 Å². The van der Waals surface area contributed by atoms with Crippen molar-refractivity contribution in [1.29, 1.82) is 0 Å². The SMILES string of the molecule is Cc1cc(C(=O)NC(CC(=O)O)C2CC2)ccc1O. The topological polar surface area (TPSA) is 86.6 Å². The number of amides is 1. The molecule has 1 aromatic carbocycles. The summed E-state index contributed by atoms with van der Waals surface area (Å²) < 4.78 is 0. The number of benzene rings is 1. The average molecular weight is 263 g/mol. The van der Waals surface area contributed by atoms with Gasteiger partial charge in [-0.15, -0.1) is 0 Å². The van der Waals surface area contributed by atoms with Crippen LogP contribution in [-0.4, -0.2) is 28.1 Å². The van der Waals surface area contributed by atoms with Crippen LogP contribution >= 0.6 is 0 Å². The van der Waals surface area contributed by atoms with Gasteiger partial charge in [0.15, 0.2) is 0 Å². The lowest BCUT2D eigenvalue weighted by Gasteiger charge is -2.16. The molecule has 0 heterocycles. The summed E-state index contributed by atoms with van der Waals surface area (Å²) in [6.07, 6.45) is 1.88. The van der Waals surface area contributed by atoms with Gasteiger partial charge < -0.3 is 15.5 Å². The first-order valence-electron chi connectivity index (χ1n) is 6.29. The molecule has 1 aliphatic carbocycles. The summed E-state index contributed by atoms with van der Waals surface area (Å²) >= 11 is 0. The molecule has 1 saturated carbocycles. The Morgan fingerprint density at radius 3 is 2.63 bits per heavy atom. The molecule has 5 heteroatoms. The van der Waals surface area contributed by atoms with Crippen molar-refractivity contribution in [2.24, 2.45) is 5.92 Å². The van der Waals surface area contributed by atoms with E-state index in [1.807, 2.05) is 0 Å². The van der Waals surface area contributed by atoms with E-state index in [1.54, 1.807) is 13.0 Å². The highest BCUT2D eigenvalue weighted by Gasteiger charge is 2.33. The molecular weight excluding hydrogens is 246 g/mol. The Hall–Kier alpha value is -2.04. The predicted octanol–water partition coefficient (Wildman–Crippen LogP) is 1.68. The first-order valence-corrected chi connectivity index (χ1v) is 6.29. The molecular formula is C14H17NO4. The maximum absolute atomic E-state index is 12.0. The third-order valence-corrected chi connectivity index (χ3v) is 3.36. The minimum atomic E-state index is -0.904. The highest BCUT2D eigenvalue weighted by molar-refractivity contribution is 5.95.